The van der Waals surface area contributed by atoms with Gasteiger partial charge in [0, 0.05) is 0 Å². The predicted molar refractivity (Wildman–Crippen MR) is 109 cm³/mol. The lowest BCUT2D eigenvalue weighted by Gasteiger charge is -2.43. The van der Waals surface area contributed by atoms with Crippen molar-refractivity contribution in [2.24, 2.45) is 29.6 Å². The van der Waals surface area contributed by atoms with E-state index in [-0.39, 0.29) is 9.68 Å². The first-order valence-corrected chi connectivity index (χ1v) is 18.0. The molecule has 0 atom stereocenters. The average molecular weight is 346 g/mol. The van der Waals surface area contributed by atoms with Crippen LogP contribution in [0.25, 0.3) is 0 Å². The molecule has 0 unspecified atom stereocenters. The molecule has 1 aliphatic carbocycles. The van der Waals surface area contributed by atoms with Gasteiger partial charge in [-0.15, -0.1) is 0 Å². The van der Waals surface area contributed by atoms with E-state index in [1.807, 2.05) is 0 Å². The van der Waals surface area contributed by atoms with Crippen LogP contribution in [0, 0.1) is 29.6 Å². The van der Waals surface area contributed by atoms with Gasteiger partial charge in [0.15, 0.2) is 0 Å². The van der Waals surface area contributed by atoms with Crippen molar-refractivity contribution in [3.63, 3.8) is 0 Å². The zero-order valence-electron chi connectivity index (χ0n) is 17.0. The molecule has 0 amide bonds. The molecule has 1 nitrogen and oxygen atoms in total. The van der Waals surface area contributed by atoms with Crippen LogP contribution < -0.4 is 0 Å². The fourth-order valence-corrected chi connectivity index (χ4v) is 20.0. The predicted octanol–water partition coefficient (Wildman–Crippen LogP) is 5.27. The van der Waals surface area contributed by atoms with Gasteiger partial charge in [-0.1, -0.05) is 80.4 Å². The molecule has 0 bridgehead atoms. The Balaban J connectivity index is 0.000000382. The summed E-state index contributed by atoms with van der Waals surface area (Å²) in [7, 11) is -1.85. The highest BCUT2D eigenvalue weighted by Crippen LogP contribution is 2.44. The van der Waals surface area contributed by atoms with E-state index < -0.39 is 16.5 Å². The summed E-state index contributed by atoms with van der Waals surface area (Å²) in [6.07, 6.45) is 0. The molecule has 1 saturated carbocycles. The zero-order valence-corrected chi connectivity index (χ0v) is 20.5. The fourth-order valence-electron chi connectivity index (χ4n) is 4.35. The van der Waals surface area contributed by atoms with Crippen LogP contribution >= 0.6 is 0 Å². The minimum absolute atomic E-state index is 0.0764. The number of hydrogen-bond acceptors (Lipinski definition) is 1. The Bertz CT molecular complexity index is 247. The van der Waals surface area contributed by atoms with Gasteiger partial charge in [-0.2, -0.15) is 0 Å². The number of hydrogen-bond donors (Lipinski definition) is 0. The summed E-state index contributed by atoms with van der Waals surface area (Å²) in [5, 5.41) is 0. The zero-order chi connectivity index (χ0) is 17.2. The summed E-state index contributed by atoms with van der Waals surface area (Å²) in [4.78, 5) is 0. The second kappa shape index (κ2) is 7.93. The largest absolute Gasteiger partial charge is 0.374 e. The Kier molecular flexibility index (Phi) is 8.16. The Morgan fingerprint density at radius 3 is 0.810 bits per heavy atom. The molecule has 0 aromatic rings. The molecule has 1 rings (SSSR count). The monoisotopic (exact) mass is 345 g/mol. The molecule has 4 heteroatoms. The Labute approximate surface area is 140 Å². The summed E-state index contributed by atoms with van der Waals surface area (Å²) < 4.78 is 2.92. The van der Waals surface area contributed by atoms with Crippen molar-refractivity contribution in [3.05, 3.63) is 0 Å². The van der Waals surface area contributed by atoms with E-state index in [2.05, 4.69) is 84.3 Å². The third-order valence-electron chi connectivity index (χ3n) is 6.08. The van der Waals surface area contributed by atoms with E-state index >= 15 is 0 Å². The maximum atomic E-state index is 2.92. The van der Waals surface area contributed by atoms with Gasteiger partial charge in [-0.05, 0) is 29.6 Å². The Morgan fingerprint density at radius 2 is 0.762 bits per heavy atom. The lowest BCUT2D eigenvalue weighted by molar-refractivity contribution is 0.352. The van der Waals surface area contributed by atoms with Gasteiger partial charge in [-0.25, -0.2) is 0 Å². The van der Waals surface area contributed by atoms with E-state index in [4.69, 9.17) is 0 Å². The lowest BCUT2D eigenvalue weighted by atomic mass is 9.92. The molecule has 21 heavy (non-hydrogen) atoms. The first kappa shape index (κ1) is 21.6. The van der Waals surface area contributed by atoms with Crippen molar-refractivity contribution in [1.29, 1.82) is 0 Å². The molecular weight excluding hydrogens is 302 g/mol. The summed E-state index contributed by atoms with van der Waals surface area (Å²) >= 11 is 0. The third kappa shape index (κ3) is 5.96. The first-order valence-electron chi connectivity index (χ1n) is 9.02. The SMILES string of the molecule is CC1C(C)C(C)C(C)C1C.C[SiH2]N([Si](C)(C)C)[Si](C)(C)C. The highest BCUT2D eigenvalue weighted by atomic mass is 28.5. The molecular formula is C17H43NSi3. The van der Waals surface area contributed by atoms with Crippen LogP contribution in [0.4, 0.5) is 0 Å². The first-order chi connectivity index (χ1) is 9.25. The van der Waals surface area contributed by atoms with E-state index in [1.54, 1.807) is 0 Å². The quantitative estimate of drug-likeness (QED) is 0.630. The van der Waals surface area contributed by atoms with Crippen molar-refractivity contribution in [3.8, 4) is 0 Å². The molecule has 0 heterocycles. The minimum atomic E-state index is -0.965. The molecule has 1 fully saturated rings. The van der Waals surface area contributed by atoms with E-state index in [1.165, 1.54) is 0 Å². The van der Waals surface area contributed by atoms with Gasteiger partial charge in [0.05, 0.1) is 9.68 Å². The second-order valence-electron chi connectivity index (χ2n) is 9.38. The number of nitrogens with zero attached hydrogens (tertiary/aromatic N) is 1. The van der Waals surface area contributed by atoms with Gasteiger partial charge in [0.2, 0.25) is 0 Å². The van der Waals surface area contributed by atoms with Crippen LogP contribution in [0.1, 0.15) is 34.6 Å². The molecule has 0 spiro atoms. The van der Waals surface area contributed by atoms with Crippen molar-refractivity contribution >= 4 is 26.2 Å². The summed E-state index contributed by atoms with van der Waals surface area (Å²) in [6.45, 7) is 29.3. The molecule has 128 valence electrons. The molecule has 0 saturated heterocycles. The van der Waals surface area contributed by atoms with Crippen LogP contribution in [0.15, 0.2) is 0 Å². The number of rotatable bonds is 3. The van der Waals surface area contributed by atoms with Gasteiger partial charge >= 0.3 is 0 Å². The van der Waals surface area contributed by atoms with Crippen LogP contribution in [0.2, 0.25) is 45.8 Å². The van der Waals surface area contributed by atoms with Crippen LogP contribution in [0.5, 0.6) is 0 Å². The van der Waals surface area contributed by atoms with E-state index in [0.717, 1.165) is 29.6 Å². The lowest BCUT2D eigenvalue weighted by Crippen LogP contribution is -2.60. The van der Waals surface area contributed by atoms with Gasteiger partial charge in [0.25, 0.3) is 0 Å². The summed E-state index contributed by atoms with van der Waals surface area (Å²) in [5.74, 6) is 4.68. The standard InChI is InChI=1S/C10H20.C7H23NSi3/c1-6-7(2)9(4)10(5)8(6)3;1-9-8(10(2,3)4)11(5,6)7/h6-10H,1-5H3;9H2,1-7H3. The Hall–Kier alpha value is 0.611. The maximum Gasteiger partial charge on any atom is 0.105 e. The molecule has 1 aliphatic rings. The van der Waals surface area contributed by atoms with Gasteiger partial charge in [-0.3, -0.25) is 0 Å². The topological polar surface area (TPSA) is 3.24 Å². The average Bonchev–Trinajstić information content (AvgIpc) is 2.45. The van der Waals surface area contributed by atoms with Crippen molar-refractivity contribution < 1.29 is 0 Å². The molecule has 0 N–H and O–H groups in total. The smallest absolute Gasteiger partial charge is 0.105 e. The molecule has 0 aliphatic heterocycles. The fraction of sp³-hybridized carbons (Fsp3) is 1.00. The van der Waals surface area contributed by atoms with Crippen LogP contribution in [0.3, 0.4) is 0 Å². The summed E-state index contributed by atoms with van der Waals surface area (Å²) in [5.41, 5.74) is 0. The van der Waals surface area contributed by atoms with E-state index in [0.29, 0.717) is 0 Å². The molecule has 0 aromatic carbocycles. The van der Waals surface area contributed by atoms with Gasteiger partial charge in [0.1, 0.15) is 16.5 Å². The second-order valence-corrected chi connectivity index (χ2v) is 22.1. The maximum absolute atomic E-state index is 2.92. The van der Waals surface area contributed by atoms with Crippen molar-refractivity contribution in [2.75, 3.05) is 0 Å². The Morgan fingerprint density at radius 1 is 0.571 bits per heavy atom. The third-order valence-corrected chi connectivity index (χ3v) is 21.6. The highest BCUT2D eigenvalue weighted by molar-refractivity contribution is 6.95. The van der Waals surface area contributed by atoms with E-state index in [9.17, 15) is 0 Å². The van der Waals surface area contributed by atoms with Crippen molar-refractivity contribution in [1.82, 2.24) is 3.90 Å². The highest BCUT2D eigenvalue weighted by Gasteiger charge is 2.38. The van der Waals surface area contributed by atoms with Crippen LogP contribution in [-0.4, -0.2) is 30.0 Å². The minimum Gasteiger partial charge on any atom is -0.374 e. The molecule has 0 radical (unpaired) electrons. The molecule has 0 aromatic heterocycles. The van der Waals surface area contributed by atoms with Crippen LogP contribution in [-0.2, 0) is 0 Å². The van der Waals surface area contributed by atoms with Crippen molar-refractivity contribution in [2.45, 2.75) is 80.4 Å². The normalized spacial score (nSPS) is 34.4. The van der Waals surface area contributed by atoms with Gasteiger partial charge < -0.3 is 3.90 Å². The summed E-state index contributed by atoms with van der Waals surface area (Å²) in [6, 6.07) is 0.